The Labute approximate surface area is 179 Å². The average Bonchev–Trinajstić information content (AvgIpc) is 3.10. The van der Waals surface area contributed by atoms with Crippen LogP contribution in [0.4, 0.5) is 0 Å². The van der Waals surface area contributed by atoms with Gasteiger partial charge in [-0.15, -0.1) is 11.3 Å². The Balaban J connectivity index is 1.55. The van der Waals surface area contributed by atoms with E-state index in [0.29, 0.717) is 24.0 Å². The van der Waals surface area contributed by atoms with Crippen molar-refractivity contribution in [1.82, 2.24) is 19.9 Å². The summed E-state index contributed by atoms with van der Waals surface area (Å²) < 4.78 is 8.67. The van der Waals surface area contributed by atoms with Crippen LogP contribution in [0.5, 0.6) is 5.75 Å². The predicted octanol–water partition coefficient (Wildman–Crippen LogP) is 3.63. The molecule has 1 saturated heterocycles. The summed E-state index contributed by atoms with van der Waals surface area (Å²) in [4.78, 5) is 21.7. The van der Waals surface area contributed by atoms with Gasteiger partial charge in [-0.2, -0.15) is 0 Å². The van der Waals surface area contributed by atoms with E-state index in [1.54, 1.807) is 20.0 Å². The SMILES string of the molecule is C[C@@H](Oc1cc(-c2cnc(C(C)(C)O)s2)cc2ncn(C3CC3)c12)C1CNC(=O)C1. The van der Waals surface area contributed by atoms with E-state index in [0.717, 1.165) is 40.1 Å². The van der Waals surface area contributed by atoms with Gasteiger partial charge in [-0.3, -0.25) is 4.79 Å². The maximum Gasteiger partial charge on any atom is 0.220 e. The van der Waals surface area contributed by atoms with Gasteiger partial charge in [0.25, 0.3) is 0 Å². The van der Waals surface area contributed by atoms with Gasteiger partial charge < -0.3 is 19.7 Å². The van der Waals surface area contributed by atoms with Gasteiger partial charge in [-0.25, -0.2) is 9.97 Å². The minimum Gasteiger partial charge on any atom is -0.488 e. The molecule has 0 bridgehead atoms. The molecule has 1 unspecified atom stereocenters. The lowest BCUT2D eigenvalue weighted by molar-refractivity contribution is -0.119. The average molecular weight is 427 g/mol. The number of thiazole rings is 1. The van der Waals surface area contributed by atoms with E-state index < -0.39 is 5.60 Å². The Morgan fingerprint density at radius 1 is 1.33 bits per heavy atom. The molecule has 2 aromatic heterocycles. The van der Waals surface area contributed by atoms with Crippen molar-refractivity contribution in [2.24, 2.45) is 5.92 Å². The fourth-order valence-electron chi connectivity index (χ4n) is 3.94. The summed E-state index contributed by atoms with van der Waals surface area (Å²) >= 11 is 1.47. The Bertz CT molecular complexity index is 1110. The van der Waals surface area contributed by atoms with Crippen molar-refractivity contribution in [1.29, 1.82) is 0 Å². The van der Waals surface area contributed by atoms with Gasteiger partial charge in [0, 0.05) is 31.1 Å². The van der Waals surface area contributed by atoms with Crippen molar-refractivity contribution in [2.45, 2.75) is 57.8 Å². The molecule has 1 saturated carbocycles. The third-order valence-electron chi connectivity index (χ3n) is 5.87. The molecule has 1 aliphatic carbocycles. The lowest BCUT2D eigenvalue weighted by Gasteiger charge is -2.21. The van der Waals surface area contributed by atoms with Crippen LogP contribution in [0, 0.1) is 5.92 Å². The van der Waals surface area contributed by atoms with Crippen LogP contribution in [0.3, 0.4) is 0 Å². The fraction of sp³-hybridized carbons (Fsp3) is 0.500. The van der Waals surface area contributed by atoms with E-state index in [1.807, 2.05) is 19.3 Å². The molecule has 1 amide bonds. The highest BCUT2D eigenvalue weighted by Gasteiger charge is 2.31. The number of amides is 1. The summed E-state index contributed by atoms with van der Waals surface area (Å²) in [5, 5.41) is 13.9. The van der Waals surface area contributed by atoms with Gasteiger partial charge in [0.05, 0.1) is 16.7 Å². The van der Waals surface area contributed by atoms with E-state index >= 15 is 0 Å². The van der Waals surface area contributed by atoms with E-state index in [9.17, 15) is 9.90 Å². The Hall–Kier alpha value is -2.45. The number of hydrogen-bond acceptors (Lipinski definition) is 6. The molecule has 1 aliphatic heterocycles. The number of carbonyl (C=O) groups is 1. The normalized spacial score (nSPS) is 20.5. The van der Waals surface area contributed by atoms with Crippen molar-refractivity contribution >= 4 is 28.3 Å². The maximum atomic E-state index is 11.6. The zero-order valence-electron chi connectivity index (χ0n) is 17.4. The second-order valence-electron chi connectivity index (χ2n) is 8.91. The largest absolute Gasteiger partial charge is 0.488 e. The molecule has 2 atom stereocenters. The molecule has 3 heterocycles. The Kier molecular flexibility index (Phi) is 4.59. The van der Waals surface area contributed by atoms with Crippen LogP contribution < -0.4 is 10.1 Å². The molecule has 5 rings (SSSR count). The molecule has 2 fully saturated rings. The van der Waals surface area contributed by atoms with Crippen LogP contribution in [0.15, 0.2) is 24.7 Å². The number of rotatable bonds is 6. The van der Waals surface area contributed by atoms with Crippen LogP contribution in [0.1, 0.15) is 51.1 Å². The highest BCUT2D eigenvalue weighted by Crippen LogP contribution is 2.42. The number of aliphatic hydroxyl groups is 1. The number of nitrogens with one attached hydrogen (secondary N) is 1. The molecule has 158 valence electrons. The lowest BCUT2D eigenvalue weighted by Crippen LogP contribution is -2.25. The van der Waals surface area contributed by atoms with Crippen LogP contribution >= 0.6 is 11.3 Å². The number of aromatic nitrogens is 3. The second kappa shape index (κ2) is 7.06. The van der Waals surface area contributed by atoms with Gasteiger partial charge in [0.2, 0.25) is 5.91 Å². The summed E-state index contributed by atoms with van der Waals surface area (Å²) in [6.45, 7) is 6.15. The third kappa shape index (κ3) is 3.58. The molecule has 8 heteroatoms. The van der Waals surface area contributed by atoms with Crippen LogP contribution in [-0.2, 0) is 10.4 Å². The smallest absolute Gasteiger partial charge is 0.220 e. The summed E-state index contributed by atoms with van der Waals surface area (Å²) in [6.07, 6.45) is 6.41. The van der Waals surface area contributed by atoms with Crippen molar-refractivity contribution in [3.8, 4) is 16.2 Å². The molecule has 1 aromatic carbocycles. The fourth-order valence-corrected chi connectivity index (χ4v) is 4.85. The van der Waals surface area contributed by atoms with Crippen molar-refractivity contribution < 1.29 is 14.6 Å². The maximum absolute atomic E-state index is 11.6. The van der Waals surface area contributed by atoms with E-state index in [1.165, 1.54) is 11.3 Å². The Morgan fingerprint density at radius 2 is 2.13 bits per heavy atom. The summed E-state index contributed by atoms with van der Waals surface area (Å²) in [6, 6.07) is 4.60. The number of fused-ring (bicyclic) bond motifs is 1. The number of imidazole rings is 1. The molecular weight excluding hydrogens is 400 g/mol. The number of benzene rings is 1. The third-order valence-corrected chi connectivity index (χ3v) is 7.23. The zero-order chi connectivity index (χ0) is 21.0. The van der Waals surface area contributed by atoms with E-state index in [-0.39, 0.29) is 17.9 Å². The highest BCUT2D eigenvalue weighted by molar-refractivity contribution is 7.15. The van der Waals surface area contributed by atoms with Crippen LogP contribution in [0.25, 0.3) is 21.5 Å². The van der Waals surface area contributed by atoms with Crippen LogP contribution in [0.2, 0.25) is 0 Å². The van der Waals surface area contributed by atoms with Crippen molar-refractivity contribution in [2.75, 3.05) is 6.54 Å². The number of hydrogen-bond donors (Lipinski definition) is 2. The van der Waals surface area contributed by atoms with E-state index in [4.69, 9.17) is 4.74 Å². The van der Waals surface area contributed by atoms with Crippen molar-refractivity contribution in [3.05, 3.63) is 29.7 Å². The first-order valence-corrected chi connectivity index (χ1v) is 11.2. The van der Waals surface area contributed by atoms with Gasteiger partial charge >= 0.3 is 0 Å². The lowest BCUT2D eigenvalue weighted by atomic mass is 10.0. The molecule has 3 aromatic rings. The second-order valence-corrected chi connectivity index (χ2v) is 9.94. The first-order valence-electron chi connectivity index (χ1n) is 10.4. The minimum absolute atomic E-state index is 0.0844. The standard InChI is InChI=1S/C22H26N4O3S/c1-12(14-8-19(27)23-9-14)29-17-7-13(18-10-24-21(30-18)22(2,3)28)6-16-20(17)26(11-25-16)15-4-5-15/h6-7,10-12,14-15,28H,4-5,8-9H2,1-3H3,(H,23,27)/t12-,14?/m1/s1. The molecule has 30 heavy (non-hydrogen) atoms. The number of nitrogens with zero attached hydrogens (tertiary/aromatic N) is 3. The van der Waals surface area contributed by atoms with Gasteiger partial charge in [0.1, 0.15) is 28.0 Å². The summed E-state index contributed by atoms with van der Waals surface area (Å²) in [5.74, 6) is 1.02. The number of carbonyl (C=O) groups excluding carboxylic acids is 1. The highest BCUT2D eigenvalue weighted by atomic mass is 32.1. The molecule has 7 nitrogen and oxygen atoms in total. The van der Waals surface area contributed by atoms with Gasteiger partial charge in [-0.05, 0) is 51.3 Å². The molecule has 2 N–H and O–H groups in total. The van der Waals surface area contributed by atoms with E-state index in [2.05, 4.69) is 25.9 Å². The summed E-state index contributed by atoms with van der Waals surface area (Å²) in [5.41, 5.74) is 1.90. The molecule has 0 radical (unpaired) electrons. The van der Waals surface area contributed by atoms with Gasteiger partial charge in [-0.1, -0.05) is 0 Å². The Morgan fingerprint density at radius 3 is 2.77 bits per heavy atom. The van der Waals surface area contributed by atoms with Gasteiger partial charge in [0.15, 0.2) is 0 Å². The number of ether oxygens (including phenoxy) is 1. The predicted molar refractivity (Wildman–Crippen MR) is 116 cm³/mol. The first kappa shape index (κ1) is 19.5. The first-order chi connectivity index (χ1) is 14.3. The zero-order valence-corrected chi connectivity index (χ0v) is 18.2. The minimum atomic E-state index is -0.976. The molecular formula is C22H26N4O3S. The van der Waals surface area contributed by atoms with Crippen molar-refractivity contribution in [3.63, 3.8) is 0 Å². The van der Waals surface area contributed by atoms with Crippen LogP contribution in [-0.4, -0.2) is 38.2 Å². The quantitative estimate of drug-likeness (QED) is 0.628. The monoisotopic (exact) mass is 426 g/mol. The topological polar surface area (TPSA) is 89.3 Å². The molecule has 0 spiro atoms. The summed E-state index contributed by atoms with van der Waals surface area (Å²) in [7, 11) is 0. The molecule has 2 aliphatic rings.